The molecule has 0 fully saturated rings. The number of carbonyl (C=O) groups is 2. The monoisotopic (exact) mass is 409 g/mol. The zero-order chi connectivity index (χ0) is 20.9. The fourth-order valence-electron chi connectivity index (χ4n) is 2.58. The lowest BCUT2D eigenvalue weighted by Gasteiger charge is -2.08. The second kappa shape index (κ2) is 8.66. The van der Waals surface area contributed by atoms with Crippen LogP contribution in [0.2, 0.25) is 0 Å². The minimum Gasteiger partial charge on any atom is -0.348 e. The van der Waals surface area contributed by atoms with Crippen molar-refractivity contribution in [3.05, 3.63) is 89.6 Å². The maximum atomic E-state index is 12.4. The number of nitrogens with one attached hydrogen (secondary N) is 2. The van der Waals surface area contributed by atoms with Crippen LogP contribution in [0.4, 0.5) is 5.82 Å². The van der Waals surface area contributed by atoms with E-state index in [0.717, 1.165) is 11.8 Å². The summed E-state index contributed by atoms with van der Waals surface area (Å²) in [5.74, 6) is -0.636. The predicted molar refractivity (Wildman–Crippen MR) is 109 cm³/mol. The molecule has 2 N–H and O–H groups in total. The number of aromatic nitrogens is 1. The lowest BCUT2D eigenvalue weighted by molar-refractivity contribution is 0.0949. The van der Waals surface area contributed by atoms with Gasteiger partial charge >= 0.3 is 0 Å². The SMILES string of the molecule is CS(=O)(=O)c1cccc(C(=O)Nc2cc(C(=O)NCc3ccccc3)ccn2)c1. The largest absolute Gasteiger partial charge is 0.348 e. The molecule has 2 amide bonds. The molecule has 0 unspecified atom stereocenters. The van der Waals surface area contributed by atoms with Gasteiger partial charge in [-0.05, 0) is 35.9 Å². The quantitative estimate of drug-likeness (QED) is 0.651. The maximum absolute atomic E-state index is 12.4. The van der Waals surface area contributed by atoms with Crippen molar-refractivity contribution in [2.75, 3.05) is 11.6 Å². The van der Waals surface area contributed by atoms with Crippen LogP contribution < -0.4 is 10.6 Å². The molecule has 0 saturated heterocycles. The summed E-state index contributed by atoms with van der Waals surface area (Å²) in [5.41, 5.74) is 1.49. The maximum Gasteiger partial charge on any atom is 0.256 e. The van der Waals surface area contributed by atoms with E-state index in [-0.39, 0.29) is 22.2 Å². The van der Waals surface area contributed by atoms with E-state index in [2.05, 4.69) is 15.6 Å². The van der Waals surface area contributed by atoms with Crippen molar-refractivity contribution < 1.29 is 18.0 Å². The minimum atomic E-state index is -3.43. The highest BCUT2D eigenvalue weighted by Gasteiger charge is 2.13. The fraction of sp³-hybridized carbons (Fsp3) is 0.0952. The summed E-state index contributed by atoms with van der Waals surface area (Å²) < 4.78 is 23.3. The topological polar surface area (TPSA) is 105 Å². The average Bonchev–Trinajstić information content (AvgIpc) is 2.72. The molecule has 0 spiro atoms. The number of amides is 2. The Morgan fingerprint density at radius 2 is 1.62 bits per heavy atom. The first-order valence-corrected chi connectivity index (χ1v) is 10.6. The van der Waals surface area contributed by atoms with Crippen molar-refractivity contribution in [2.45, 2.75) is 11.4 Å². The number of sulfone groups is 1. The predicted octanol–water partition coefficient (Wildman–Crippen LogP) is 2.67. The molecule has 0 aliphatic heterocycles. The van der Waals surface area contributed by atoms with Gasteiger partial charge in [0.15, 0.2) is 9.84 Å². The smallest absolute Gasteiger partial charge is 0.256 e. The minimum absolute atomic E-state index is 0.0483. The summed E-state index contributed by atoms with van der Waals surface area (Å²) in [6.45, 7) is 0.377. The third kappa shape index (κ3) is 5.49. The van der Waals surface area contributed by atoms with Crippen molar-refractivity contribution in [1.29, 1.82) is 0 Å². The van der Waals surface area contributed by atoms with E-state index in [1.165, 1.54) is 36.5 Å². The van der Waals surface area contributed by atoms with E-state index in [1.54, 1.807) is 6.07 Å². The average molecular weight is 409 g/mol. The van der Waals surface area contributed by atoms with E-state index >= 15 is 0 Å². The van der Waals surface area contributed by atoms with Crippen LogP contribution in [0.5, 0.6) is 0 Å². The first kappa shape index (κ1) is 20.2. The normalized spacial score (nSPS) is 10.9. The van der Waals surface area contributed by atoms with E-state index in [0.29, 0.717) is 12.1 Å². The molecule has 29 heavy (non-hydrogen) atoms. The van der Waals surface area contributed by atoms with E-state index in [4.69, 9.17) is 0 Å². The summed E-state index contributed by atoms with van der Waals surface area (Å²) in [7, 11) is -3.43. The van der Waals surface area contributed by atoms with Crippen molar-refractivity contribution in [3.8, 4) is 0 Å². The first-order chi connectivity index (χ1) is 13.8. The molecule has 1 heterocycles. The van der Waals surface area contributed by atoms with Gasteiger partial charge in [-0.1, -0.05) is 36.4 Å². The Hall–Kier alpha value is -3.52. The van der Waals surface area contributed by atoms with Gasteiger partial charge < -0.3 is 10.6 Å². The van der Waals surface area contributed by atoms with E-state index in [9.17, 15) is 18.0 Å². The first-order valence-electron chi connectivity index (χ1n) is 8.72. The van der Waals surface area contributed by atoms with Crippen molar-refractivity contribution in [1.82, 2.24) is 10.3 Å². The molecule has 8 heteroatoms. The highest BCUT2D eigenvalue weighted by molar-refractivity contribution is 7.90. The van der Waals surface area contributed by atoms with Crippen molar-refractivity contribution in [3.63, 3.8) is 0 Å². The Balaban J connectivity index is 1.69. The zero-order valence-electron chi connectivity index (χ0n) is 15.6. The molecule has 0 atom stereocenters. The third-order valence-corrected chi connectivity index (χ3v) is 5.19. The Morgan fingerprint density at radius 3 is 2.34 bits per heavy atom. The lowest BCUT2D eigenvalue weighted by atomic mass is 10.2. The van der Waals surface area contributed by atoms with Crippen LogP contribution in [-0.4, -0.2) is 31.5 Å². The Labute approximate surface area is 168 Å². The number of pyridine rings is 1. The molecule has 3 rings (SSSR count). The van der Waals surface area contributed by atoms with E-state index in [1.807, 2.05) is 30.3 Å². The van der Waals surface area contributed by atoms with Gasteiger partial charge in [0.2, 0.25) is 0 Å². The molecule has 0 aliphatic carbocycles. The van der Waals surface area contributed by atoms with Gasteiger partial charge in [0, 0.05) is 30.1 Å². The van der Waals surface area contributed by atoms with Crippen molar-refractivity contribution in [2.24, 2.45) is 0 Å². The van der Waals surface area contributed by atoms with Gasteiger partial charge in [-0.25, -0.2) is 13.4 Å². The molecule has 0 bridgehead atoms. The number of anilines is 1. The Morgan fingerprint density at radius 1 is 0.897 bits per heavy atom. The Kier molecular flexibility index (Phi) is 6.04. The van der Waals surface area contributed by atoms with Gasteiger partial charge in [0.1, 0.15) is 5.82 Å². The van der Waals surface area contributed by atoms with Crippen LogP contribution >= 0.6 is 0 Å². The van der Waals surface area contributed by atoms with Crippen molar-refractivity contribution >= 4 is 27.5 Å². The van der Waals surface area contributed by atoms with Crippen LogP contribution in [0.25, 0.3) is 0 Å². The summed E-state index contributed by atoms with van der Waals surface area (Å²) in [4.78, 5) is 28.9. The Bertz CT molecular complexity index is 1150. The van der Waals surface area contributed by atoms with Crippen LogP contribution in [0.3, 0.4) is 0 Å². The summed E-state index contributed by atoms with van der Waals surface area (Å²) >= 11 is 0. The van der Waals surface area contributed by atoms with Gasteiger partial charge in [0.25, 0.3) is 11.8 Å². The summed E-state index contributed by atoms with van der Waals surface area (Å²) in [6, 6.07) is 18.2. The van der Waals surface area contributed by atoms with Crippen LogP contribution in [-0.2, 0) is 16.4 Å². The zero-order valence-corrected chi connectivity index (χ0v) is 16.4. The molecule has 0 saturated carbocycles. The standard InChI is InChI=1S/C21H19N3O4S/c1-29(27,28)18-9-5-8-16(12-18)21(26)24-19-13-17(10-11-22-19)20(25)23-14-15-6-3-2-4-7-15/h2-13H,14H2,1H3,(H,23,25)(H,22,24,26). The molecule has 148 valence electrons. The van der Waals surface area contributed by atoms with Gasteiger partial charge in [0.05, 0.1) is 4.90 Å². The number of hydrogen-bond acceptors (Lipinski definition) is 5. The number of rotatable bonds is 6. The second-order valence-electron chi connectivity index (χ2n) is 6.35. The van der Waals surface area contributed by atoms with Crippen LogP contribution in [0, 0.1) is 0 Å². The molecule has 7 nitrogen and oxygen atoms in total. The second-order valence-corrected chi connectivity index (χ2v) is 8.37. The number of hydrogen-bond donors (Lipinski definition) is 2. The lowest BCUT2D eigenvalue weighted by Crippen LogP contribution is -2.23. The number of carbonyl (C=O) groups excluding carboxylic acids is 2. The number of nitrogens with zero attached hydrogens (tertiary/aromatic N) is 1. The molecule has 0 aliphatic rings. The molecule has 3 aromatic rings. The molecule has 0 radical (unpaired) electrons. The molecule has 1 aromatic heterocycles. The number of benzene rings is 2. The van der Waals surface area contributed by atoms with Crippen LogP contribution in [0.15, 0.2) is 77.8 Å². The molecule has 2 aromatic carbocycles. The van der Waals surface area contributed by atoms with E-state index < -0.39 is 15.7 Å². The fourth-order valence-corrected chi connectivity index (χ4v) is 3.24. The highest BCUT2D eigenvalue weighted by Crippen LogP contribution is 2.14. The summed E-state index contributed by atoms with van der Waals surface area (Å²) in [6.07, 6.45) is 2.49. The van der Waals surface area contributed by atoms with Gasteiger partial charge in [-0.15, -0.1) is 0 Å². The highest BCUT2D eigenvalue weighted by atomic mass is 32.2. The molecular weight excluding hydrogens is 390 g/mol. The van der Waals surface area contributed by atoms with Crippen LogP contribution in [0.1, 0.15) is 26.3 Å². The van der Waals surface area contributed by atoms with Gasteiger partial charge in [-0.3, -0.25) is 9.59 Å². The summed E-state index contributed by atoms with van der Waals surface area (Å²) in [5, 5.41) is 5.39. The third-order valence-electron chi connectivity index (χ3n) is 4.08. The molecular formula is C21H19N3O4S. The van der Waals surface area contributed by atoms with Gasteiger partial charge in [-0.2, -0.15) is 0 Å².